The first-order chi connectivity index (χ1) is 21.9. The van der Waals surface area contributed by atoms with Gasteiger partial charge in [-0.25, -0.2) is 9.78 Å². The average molecular weight is 632 g/mol. The summed E-state index contributed by atoms with van der Waals surface area (Å²) in [6.07, 6.45) is -0.506. The van der Waals surface area contributed by atoms with Crippen molar-refractivity contribution in [1.29, 1.82) is 0 Å². The highest BCUT2D eigenvalue weighted by molar-refractivity contribution is 5.95. The molecule has 4 aliphatic rings. The van der Waals surface area contributed by atoms with Gasteiger partial charge in [0.15, 0.2) is 5.43 Å². The van der Waals surface area contributed by atoms with Crippen molar-refractivity contribution in [3.8, 4) is 5.69 Å². The van der Waals surface area contributed by atoms with Gasteiger partial charge in [0.2, 0.25) is 0 Å². The molecule has 46 heavy (non-hydrogen) atoms. The summed E-state index contributed by atoms with van der Waals surface area (Å²) in [5, 5.41) is 14.0. The number of carbonyl (C=O) groups excluding carboxylic acids is 2. The highest BCUT2D eigenvalue weighted by atomic mass is 19.4. The number of aliphatic hydroxyl groups is 1. The molecule has 8 nitrogen and oxygen atoms in total. The molecule has 0 spiro atoms. The third-order valence-electron chi connectivity index (χ3n) is 9.93. The van der Waals surface area contributed by atoms with Crippen LogP contribution in [0.3, 0.4) is 0 Å². The lowest BCUT2D eigenvalue weighted by molar-refractivity contribution is -0.141. The van der Waals surface area contributed by atoms with E-state index in [2.05, 4.69) is 10.3 Å². The van der Waals surface area contributed by atoms with Crippen molar-refractivity contribution < 1.29 is 32.6 Å². The molecule has 11 heteroatoms. The molecule has 2 heterocycles. The van der Waals surface area contributed by atoms with Crippen LogP contribution in [0, 0.1) is 17.8 Å². The zero-order chi connectivity index (χ0) is 32.4. The number of esters is 1. The largest absolute Gasteiger partial charge is 0.464 e. The topological polar surface area (TPSA) is 111 Å². The number of amides is 1. The van der Waals surface area contributed by atoms with E-state index in [1.807, 2.05) is 0 Å². The number of hydrogen-bond donors (Lipinski definition) is 2. The fourth-order valence-corrected chi connectivity index (χ4v) is 8.20. The number of benzene rings is 2. The zero-order valence-electron chi connectivity index (χ0n) is 25.0. The highest BCUT2D eigenvalue weighted by Gasteiger charge is 2.55. The molecule has 2 N–H and O–H groups in total. The van der Waals surface area contributed by atoms with Crippen molar-refractivity contribution in [2.24, 2.45) is 17.8 Å². The second-order valence-corrected chi connectivity index (χ2v) is 13.0. The first-order valence-electron chi connectivity index (χ1n) is 15.4. The number of nitrogens with zero attached hydrogens (tertiary/aromatic N) is 2. The molecule has 2 atom stereocenters. The lowest BCUT2D eigenvalue weighted by atomic mass is 9.52. The predicted molar refractivity (Wildman–Crippen MR) is 163 cm³/mol. The van der Waals surface area contributed by atoms with Gasteiger partial charge in [0.05, 0.1) is 18.1 Å². The molecule has 2 aromatic carbocycles. The third-order valence-corrected chi connectivity index (χ3v) is 9.93. The fourth-order valence-electron chi connectivity index (χ4n) is 8.20. The minimum absolute atomic E-state index is 0.0205. The van der Waals surface area contributed by atoms with Crippen molar-refractivity contribution in [2.45, 2.75) is 56.3 Å². The predicted octanol–water partition coefficient (Wildman–Crippen LogP) is 5.45. The number of rotatable bonds is 6. The average Bonchev–Trinajstić information content (AvgIpc) is 3.02. The van der Waals surface area contributed by atoms with Gasteiger partial charge in [-0.05, 0) is 91.8 Å². The van der Waals surface area contributed by atoms with Crippen LogP contribution in [0.4, 0.5) is 13.2 Å². The van der Waals surface area contributed by atoms with Gasteiger partial charge in [0, 0.05) is 29.3 Å². The van der Waals surface area contributed by atoms with E-state index in [-0.39, 0.29) is 52.5 Å². The number of alkyl halides is 3. The summed E-state index contributed by atoms with van der Waals surface area (Å²) in [5.74, 6) is -0.0765. The molecule has 4 aliphatic carbocycles. The van der Waals surface area contributed by atoms with Crippen LogP contribution in [0.25, 0.3) is 16.7 Å². The van der Waals surface area contributed by atoms with Crippen molar-refractivity contribution in [3.63, 3.8) is 0 Å². The Bertz CT molecular complexity index is 1890. The van der Waals surface area contributed by atoms with E-state index >= 15 is 0 Å². The summed E-state index contributed by atoms with van der Waals surface area (Å²) in [5.41, 5.74) is -1.61. The van der Waals surface area contributed by atoms with Crippen molar-refractivity contribution >= 4 is 22.9 Å². The van der Waals surface area contributed by atoms with Crippen molar-refractivity contribution in [2.75, 3.05) is 7.11 Å². The van der Waals surface area contributed by atoms with Crippen molar-refractivity contribution in [1.82, 2.24) is 14.9 Å². The van der Waals surface area contributed by atoms with E-state index in [0.717, 1.165) is 38.5 Å². The van der Waals surface area contributed by atoms with Crippen molar-refractivity contribution in [3.05, 3.63) is 105 Å². The number of methoxy groups -OCH3 is 1. The van der Waals surface area contributed by atoms with E-state index in [4.69, 9.17) is 4.74 Å². The highest BCUT2D eigenvalue weighted by Crippen LogP contribution is 2.55. The second-order valence-electron chi connectivity index (χ2n) is 13.0. The Morgan fingerprint density at radius 2 is 1.67 bits per heavy atom. The zero-order valence-corrected chi connectivity index (χ0v) is 25.0. The molecule has 2 aromatic heterocycles. The summed E-state index contributed by atoms with van der Waals surface area (Å²) in [4.78, 5) is 44.2. The number of pyridine rings is 2. The Morgan fingerprint density at radius 1 is 1.00 bits per heavy atom. The van der Waals surface area contributed by atoms with Crippen LogP contribution in [0.5, 0.6) is 0 Å². The number of fused-ring (bicyclic) bond motifs is 1. The molecule has 0 saturated heterocycles. The van der Waals surface area contributed by atoms with Gasteiger partial charge in [-0.1, -0.05) is 30.3 Å². The Labute approximate surface area is 262 Å². The number of ether oxygens (including phenoxy) is 1. The van der Waals surface area contributed by atoms with Crippen LogP contribution in [0.2, 0.25) is 0 Å². The molecule has 4 bridgehead atoms. The van der Waals surface area contributed by atoms with Gasteiger partial charge in [-0.2, -0.15) is 13.2 Å². The summed E-state index contributed by atoms with van der Waals surface area (Å²) in [6.45, 7) is 0. The Kier molecular flexibility index (Phi) is 7.26. The van der Waals surface area contributed by atoms with Gasteiger partial charge >= 0.3 is 12.1 Å². The maximum Gasteiger partial charge on any atom is 0.433 e. The van der Waals surface area contributed by atoms with Gasteiger partial charge < -0.3 is 15.2 Å². The van der Waals surface area contributed by atoms with Gasteiger partial charge in [0.1, 0.15) is 17.0 Å². The van der Waals surface area contributed by atoms with E-state index in [0.29, 0.717) is 35.6 Å². The maximum absolute atomic E-state index is 13.8. The molecule has 4 aromatic rings. The van der Waals surface area contributed by atoms with Crippen LogP contribution in [-0.2, 0) is 17.3 Å². The SMILES string of the molecule is COC(=O)c1c(Cc2ccc(C(=O)N[C@H]3[C@H]4C[C@H]5C[C@H]3C[C@](O)(C4)C5)cc2)c(=O)c2ccc(C(F)(F)F)nc2n1-c1ccccc1. The molecule has 1 amide bonds. The van der Waals surface area contributed by atoms with Gasteiger partial charge in [-0.3, -0.25) is 14.2 Å². The Hall–Kier alpha value is -4.51. The van der Waals surface area contributed by atoms with E-state index < -0.39 is 28.9 Å². The first kappa shape index (κ1) is 30.2. The molecule has 0 unspecified atom stereocenters. The minimum atomic E-state index is -4.78. The number of para-hydroxylation sites is 1. The monoisotopic (exact) mass is 631 g/mol. The van der Waals surface area contributed by atoms with Crippen LogP contribution in [0.15, 0.2) is 71.5 Å². The van der Waals surface area contributed by atoms with Gasteiger partial charge in [0.25, 0.3) is 5.91 Å². The van der Waals surface area contributed by atoms with Crippen LogP contribution >= 0.6 is 0 Å². The quantitative estimate of drug-likeness (QED) is 0.274. The van der Waals surface area contributed by atoms with E-state index in [9.17, 15) is 32.7 Å². The van der Waals surface area contributed by atoms with Gasteiger partial charge in [-0.15, -0.1) is 0 Å². The van der Waals surface area contributed by atoms with Crippen LogP contribution < -0.4 is 10.7 Å². The van der Waals surface area contributed by atoms with Crippen LogP contribution in [-0.4, -0.2) is 45.3 Å². The number of nitrogens with one attached hydrogen (secondary N) is 1. The first-order valence-corrected chi connectivity index (χ1v) is 15.4. The number of carbonyl (C=O) groups is 2. The molecule has 4 fully saturated rings. The molecule has 8 rings (SSSR count). The lowest BCUT2D eigenvalue weighted by Crippen LogP contribution is -2.61. The number of aromatic nitrogens is 2. The normalized spacial score (nSPS) is 25.1. The summed E-state index contributed by atoms with van der Waals surface area (Å²) in [6, 6.07) is 16.8. The lowest BCUT2D eigenvalue weighted by Gasteiger charge is -2.58. The Morgan fingerprint density at radius 3 is 2.28 bits per heavy atom. The van der Waals surface area contributed by atoms with E-state index in [1.54, 1.807) is 54.6 Å². The molecule has 0 radical (unpaired) electrons. The standard InChI is InChI=1S/C35H32F3N3O5/c1-46-33(44)29-26(30(42)25-11-12-27(35(36,37)38)39-31(25)41(29)24-5-3-2-4-6-24)15-19-7-9-21(10-8-19)32(43)40-28-22-13-20-14-23(28)18-34(45,16-20)17-22/h2-12,20,22-23,28,45H,13-18H2,1H3,(H,40,43)/t20-,22-,23-,28-,34+/m0/s1. The maximum atomic E-state index is 13.8. The molecule has 4 saturated carbocycles. The Balaban J connectivity index is 1.23. The molecular formula is C35H32F3N3O5. The summed E-state index contributed by atoms with van der Waals surface area (Å²) >= 11 is 0. The fraction of sp³-hybridized carbons (Fsp3) is 0.371. The molecular weight excluding hydrogens is 599 g/mol. The van der Waals surface area contributed by atoms with E-state index in [1.165, 1.54) is 4.57 Å². The summed E-state index contributed by atoms with van der Waals surface area (Å²) in [7, 11) is 1.13. The molecule has 0 aliphatic heterocycles. The van der Waals surface area contributed by atoms with Crippen LogP contribution in [0.1, 0.15) is 69.8 Å². The second kappa shape index (κ2) is 11.1. The minimum Gasteiger partial charge on any atom is -0.464 e. The third kappa shape index (κ3) is 5.26. The number of halogens is 3. The molecule has 238 valence electrons. The smallest absolute Gasteiger partial charge is 0.433 e. The number of hydrogen-bond acceptors (Lipinski definition) is 6. The summed E-state index contributed by atoms with van der Waals surface area (Å²) < 4.78 is 47.3.